The van der Waals surface area contributed by atoms with Gasteiger partial charge >= 0.3 is 0 Å². The minimum Gasteiger partial charge on any atom is -0.367 e. The number of hydrogen-bond acceptors (Lipinski definition) is 2. The van der Waals surface area contributed by atoms with Crippen LogP contribution in [0.25, 0.3) is 12.2 Å². The van der Waals surface area contributed by atoms with Crippen LogP contribution in [0.1, 0.15) is 12.5 Å². The molecule has 0 saturated carbocycles. The first kappa shape index (κ1) is 7.80. The fraction of sp³-hybridized carbons (Fsp3) is 0.250. The molecule has 0 aliphatic carbocycles. The van der Waals surface area contributed by atoms with Crippen LogP contribution in [0.3, 0.4) is 0 Å². The summed E-state index contributed by atoms with van der Waals surface area (Å²) in [6.07, 6.45) is 6.28. The molecule has 0 spiro atoms. The fourth-order valence-electron chi connectivity index (χ4n) is 2.19. The van der Waals surface area contributed by atoms with Gasteiger partial charge in [0, 0.05) is 24.9 Å². The lowest BCUT2D eigenvalue weighted by atomic mass is 10.1. The standard InChI is InChI=1S/C12H12N2/c1-2-14-8-6-9-3-4-11-10(12(9)14)5-7-13-11/h3-7H,2,8H2,1H3. The lowest BCUT2D eigenvalue weighted by Gasteiger charge is -2.18. The Balaban J connectivity index is 2.34. The van der Waals surface area contributed by atoms with E-state index in [9.17, 15) is 0 Å². The van der Waals surface area contributed by atoms with Crippen LogP contribution in [0.2, 0.25) is 0 Å². The Bertz CT molecular complexity index is 526. The molecule has 14 heavy (non-hydrogen) atoms. The normalized spacial score (nSPS) is 16.2. The van der Waals surface area contributed by atoms with Gasteiger partial charge in [-0.25, -0.2) is 0 Å². The summed E-state index contributed by atoms with van der Waals surface area (Å²) < 4.78 is 0. The molecule has 2 nitrogen and oxygen atoms in total. The van der Waals surface area contributed by atoms with Gasteiger partial charge in [-0.15, -0.1) is 0 Å². The molecule has 0 amide bonds. The van der Waals surface area contributed by atoms with Crippen LogP contribution in [0.15, 0.2) is 23.3 Å². The van der Waals surface area contributed by atoms with Crippen LogP contribution in [0.4, 0.5) is 5.69 Å². The minimum absolute atomic E-state index is 1.04. The van der Waals surface area contributed by atoms with Crippen molar-refractivity contribution in [3.63, 3.8) is 0 Å². The SMILES string of the molecule is CCN1CC=c2ccc3c(c21)C=CN=3. The van der Waals surface area contributed by atoms with Gasteiger partial charge in [-0.05, 0) is 24.3 Å². The quantitative estimate of drug-likeness (QED) is 0.633. The minimum atomic E-state index is 1.04. The third-order valence-corrected chi connectivity index (χ3v) is 2.91. The van der Waals surface area contributed by atoms with Gasteiger partial charge in [-0.2, -0.15) is 0 Å². The molecule has 0 unspecified atom stereocenters. The van der Waals surface area contributed by atoms with Crippen molar-refractivity contribution in [3.05, 3.63) is 34.5 Å². The molecule has 1 aromatic carbocycles. The van der Waals surface area contributed by atoms with Gasteiger partial charge < -0.3 is 4.90 Å². The van der Waals surface area contributed by atoms with Crippen LogP contribution >= 0.6 is 0 Å². The van der Waals surface area contributed by atoms with E-state index in [1.165, 1.54) is 16.5 Å². The third-order valence-electron chi connectivity index (χ3n) is 2.91. The second kappa shape index (κ2) is 2.71. The molecule has 3 rings (SSSR count). The Kier molecular flexibility index (Phi) is 1.51. The summed E-state index contributed by atoms with van der Waals surface area (Å²) in [4.78, 5) is 6.71. The first-order chi connectivity index (χ1) is 6.90. The van der Waals surface area contributed by atoms with Gasteiger partial charge in [-0.3, -0.25) is 4.99 Å². The van der Waals surface area contributed by atoms with Crippen molar-refractivity contribution < 1.29 is 0 Å². The summed E-state index contributed by atoms with van der Waals surface area (Å²) in [6, 6.07) is 4.27. The van der Waals surface area contributed by atoms with Crippen molar-refractivity contribution in [3.8, 4) is 0 Å². The van der Waals surface area contributed by atoms with E-state index in [4.69, 9.17) is 0 Å². The highest BCUT2D eigenvalue weighted by Crippen LogP contribution is 2.19. The summed E-state index contributed by atoms with van der Waals surface area (Å²) in [7, 11) is 0. The Labute approximate surface area is 82.9 Å². The highest BCUT2D eigenvalue weighted by molar-refractivity contribution is 5.74. The van der Waals surface area contributed by atoms with E-state index in [1.807, 2.05) is 6.20 Å². The van der Waals surface area contributed by atoms with Crippen molar-refractivity contribution in [2.45, 2.75) is 6.92 Å². The van der Waals surface area contributed by atoms with E-state index in [0.717, 1.165) is 18.4 Å². The zero-order chi connectivity index (χ0) is 9.54. The van der Waals surface area contributed by atoms with Crippen molar-refractivity contribution in [1.82, 2.24) is 0 Å². The van der Waals surface area contributed by atoms with Crippen molar-refractivity contribution in [2.24, 2.45) is 4.99 Å². The van der Waals surface area contributed by atoms with E-state index in [-0.39, 0.29) is 0 Å². The van der Waals surface area contributed by atoms with Crippen LogP contribution in [0, 0.1) is 0 Å². The zero-order valence-corrected chi connectivity index (χ0v) is 8.20. The maximum atomic E-state index is 4.32. The third kappa shape index (κ3) is 0.882. The Morgan fingerprint density at radius 3 is 3.21 bits per heavy atom. The first-order valence-electron chi connectivity index (χ1n) is 5.02. The second-order valence-corrected chi connectivity index (χ2v) is 3.62. The molecule has 0 atom stereocenters. The lowest BCUT2D eigenvalue weighted by molar-refractivity contribution is 0.936. The Morgan fingerprint density at radius 1 is 1.43 bits per heavy atom. The lowest BCUT2D eigenvalue weighted by Crippen LogP contribution is -2.24. The van der Waals surface area contributed by atoms with E-state index < -0.39 is 0 Å². The van der Waals surface area contributed by atoms with Gasteiger partial charge in [-0.1, -0.05) is 12.1 Å². The van der Waals surface area contributed by atoms with Crippen molar-refractivity contribution >= 4 is 17.8 Å². The van der Waals surface area contributed by atoms with E-state index in [0.29, 0.717) is 0 Å². The second-order valence-electron chi connectivity index (χ2n) is 3.62. The summed E-state index contributed by atoms with van der Waals surface area (Å²) in [5, 5.41) is 2.46. The predicted octanol–water partition coefficient (Wildman–Crippen LogP) is 0.911. The van der Waals surface area contributed by atoms with Crippen molar-refractivity contribution in [2.75, 3.05) is 18.0 Å². The predicted molar refractivity (Wildman–Crippen MR) is 58.6 cm³/mol. The van der Waals surface area contributed by atoms with Crippen LogP contribution in [0.5, 0.6) is 0 Å². The maximum absolute atomic E-state index is 4.32. The van der Waals surface area contributed by atoms with Gasteiger partial charge in [0.25, 0.3) is 0 Å². The molecule has 2 aliphatic rings. The van der Waals surface area contributed by atoms with Crippen LogP contribution in [-0.2, 0) is 0 Å². The molecule has 2 aliphatic heterocycles. The maximum Gasteiger partial charge on any atom is 0.0723 e. The number of nitrogens with zero attached hydrogens (tertiary/aromatic N) is 2. The molecule has 0 N–H and O–H groups in total. The monoisotopic (exact) mass is 184 g/mol. The Morgan fingerprint density at radius 2 is 2.36 bits per heavy atom. The van der Waals surface area contributed by atoms with Gasteiger partial charge in [0.2, 0.25) is 0 Å². The van der Waals surface area contributed by atoms with E-state index in [1.54, 1.807) is 0 Å². The summed E-state index contributed by atoms with van der Waals surface area (Å²) in [5.74, 6) is 0. The molecule has 2 heteroatoms. The zero-order valence-electron chi connectivity index (χ0n) is 8.20. The molecular weight excluding hydrogens is 172 g/mol. The average Bonchev–Trinajstić information content (AvgIpc) is 2.82. The molecule has 70 valence electrons. The number of rotatable bonds is 1. The Hall–Kier alpha value is -1.57. The van der Waals surface area contributed by atoms with Crippen LogP contribution in [-0.4, -0.2) is 13.1 Å². The molecule has 0 radical (unpaired) electrons. The molecular formula is C12H12N2. The highest BCUT2D eigenvalue weighted by atomic mass is 15.1. The van der Waals surface area contributed by atoms with Gasteiger partial charge in [0.05, 0.1) is 11.0 Å². The topological polar surface area (TPSA) is 15.6 Å². The molecule has 0 aromatic heterocycles. The smallest absolute Gasteiger partial charge is 0.0723 e. The number of benzene rings is 1. The largest absolute Gasteiger partial charge is 0.367 e. The molecule has 1 aromatic rings. The van der Waals surface area contributed by atoms with E-state index >= 15 is 0 Å². The fourth-order valence-corrected chi connectivity index (χ4v) is 2.19. The number of fused-ring (bicyclic) bond motifs is 3. The summed E-state index contributed by atoms with van der Waals surface area (Å²) >= 11 is 0. The average molecular weight is 184 g/mol. The molecule has 0 saturated heterocycles. The molecule has 0 bridgehead atoms. The van der Waals surface area contributed by atoms with Gasteiger partial charge in [0.15, 0.2) is 0 Å². The molecule has 0 fully saturated rings. The van der Waals surface area contributed by atoms with Crippen LogP contribution < -0.4 is 15.5 Å². The van der Waals surface area contributed by atoms with E-state index in [2.05, 4.69) is 41.1 Å². The number of hydrogen-bond donors (Lipinski definition) is 0. The first-order valence-corrected chi connectivity index (χ1v) is 5.02. The summed E-state index contributed by atoms with van der Waals surface area (Å²) in [5.41, 5.74) is 2.65. The molecule has 2 heterocycles. The number of anilines is 1. The van der Waals surface area contributed by atoms with Gasteiger partial charge in [0.1, 0.15) is 0 Å². The summed E-state index contributed by atoms with van der Waals surface area (Å²) in [6.45, 7) is 4.29. The van der Waals surface area contributed by atoms with Crippen molar-refractivity contribution in [1.29, 1.82) is 0 Å². The highest BCUT2D eigenvalue weighted by Gasteiger charge is 2.16.